The van der Waals surface area contributed by atoms with Gasteiger partial charge in [-0.2, -0.15) is 0 Å². The van der Waals surface area contributed by atoms with E-state index in [2.05, 4.69) is 35.5 Å². The van der Waals surface area contributed by atoms with Crippen LogP contribution in [0.2, 0.25) is 0 Å². The summed E-state index contributed by atoms with van der Waals surface area (Å²) >= 11 is 0. The number of rotatable bonds is 5. The highest BCUT2D eigenvalue weighted by molar-refractivity contribution is 4.67. The molecule has 0 saturated carbocycles. The highest BCUT2D eigenvalue weighted by Crippen LogP contribution is 2.07. The molecule has 0 aromatic carbocycles. The lowest BCUT2D eigenvalue weighted by Gasteiger charge is -2.41. The lowest BCUT2D eigenvalue weighted by molar-refractivity contribution is -0.0244. The van der Waals surface area contributed by atoms with Crippen molar-refractivity contribution in [1.29, 1.82) is 0 Å². The molecule has 0 amide bonds. The molecule has 3 nitrogen and oxygen atoms in total. The maximum Gasteiger partial charge on any atom is 0.0529 e. The maximum absolute atomic E-state index is 2.56. The van der Waals surface area contributed by atoms with Crippen molar-refractivity contribution in [2.24, 2.45) is 0 Å². The van der Waals surface area contributed by atoms with E-state index < -0.39 is 0 Å². The van der Waals surface area contributed by atoms with Gasteiger partial charge in [-0.3, -0.25) is 14.7 Å². The second kappa shape index (κ2) is 6.38. The van der Waals surface area contributed by atoms with Crippen LogP contribution in [-0.4, -0.2) is 54.3 Å². The van der Waals surface area contributed by atoms with E-state index in [1.54, 1.807) is 0 Å². The Labute approximate surface area is 88.7 Å². The van der Waals surface area contributed by atoms with Crippen molar-refractivity contribution in [1.82, 2.24) is 14.7 Å². The lowest BCUT2D eigenvalue weighted by atomic mass is 10.3. The van der Waals surface area contributed by atoms with E-state index in [-0.39, 0.29) is 0 Å². The minimum atomic E-state index is 1.15. The fourth-order valence-corrected chi connectivity index (χ4v) is 1.91. The standard InChI is InChI=1S/C11H25N3/c1-4-7-8-14-10-12(5-2)9-13(6-3)11-14/h4-11H2,1-3H3. The number of hydrogen-bond acceptors (Lipinski definition) is 3. The van der Waals surface area contributed by atoms with E-state index in [9.17, 15) is 0 Å². The van der Waals surface area contributed by atoms with Crippen LogP contribution in [0.1, 0.15) is 33.6 Å². The van der Waals surface area contributed by atoms with Crippen molar-refractivity contribution in [3.63, 3.8) is 0 Å². The fraction of sp³-hybridized carbons (Fsp3) is 1.00. The molecule has 0 aromatic rings. The summed E-state index contributed by atoms with van der Waals surface area (Å²) in [7, 11) is 0. The molecule has 0 aliphatic carbocycles. The first kappa shape index (κ1) is 12.0. The molecular weight excluding hydrogens is 174 g/mol. The van der Waals surface area contributed by atoms with Gasteiger partial charge in [0.2, 0.25) is 0 Å². The summed E-state index contributed by atoms with van der Waals surface area (Å²) in [5, 5.41) is 0. The molecule has 14 heavy (non-hydrogen) atoms. The van der Waals surface area contributed by atoms with Crippen LogP contribution in [0.15, 0.2) is 0 Å². The van der Waals surface area contributed by atoms with E-state index in [1.165, 1.54) is 32.5 Å². The van der Waals surface area contributed by atoms with Gasteiger partial charge in [0, 0.05) is 6.54 Å². The molecule has 1 fully saturated rings. The predicted octanol–water partition coefficient (Wildman–Crippen LogP) is 1.62. The predicted molar refractivity (Wildman–Crippen MR) is 61.0 cm³/mol. The van der Waals surface area contributed by atoms with Gasteiger partial charge in [-0.05, 0) is 19.5 Å². The second-order valence-electron chi connectivity index (χ2n) is 4.15. The molecule has 0 aromatic heterocycles. The summed E-state index contributed by atoms with van der Waals surface area (Å²) in [6.07, 6.45) is 2.63. The van der Waals surface area contributed by atoms with Crippen LogP contribution in [0.5, 0.6) is 0 Å². The number of unbranched alkanes of at least 4 members (excludes halogenated alkanes) is 1. The van der Waals surface area contributed by atoms with Crippen molar-refractivity contribution in [2.75, 3.05) is 39.6 Å². The molecular formula is C11H25N3. The van der Waals surface area contributed by atoms with E-state index in [0.717, 1.165) is 20.0 Å². The first-order valence-corrected chi connectivity index (χ1v) is 5.97. The third-order valence-corrected chi connectivity index (χ3v) is 2.92. The Bertz CT molecular complexity index is 137. The normalized spacial score (nSPS) is 21.6. The first-order chi connectivity index (χ1) is 6.80. The van der Waals surface area contributed by atoms with Crippen LogP contribution >= 0.6 is 0 Å². The molecule has 1 rings (SSSR count). The van der Waals surface area contributed by atoms with E-state index in [1.807, 2.05) is 0 Å². The molecule has 1 aliphatic rings. The molecule has 1 aliphatic heterocycles. The molecule has 1 saturated heterocycles. The molecule has 0 unspecified atom stereocenters. The first-order valence-electron chi connectivity index (χ1n) is 5.97. The molecule has 3 heteroatoms. The quantitative estimate of drug-likeness (QED) is 0.666. The van der Waals surface area contributed by atoms with Crippen molar-refractivity contribution in [2.45, 2.75) is 33.6 Å². The average molecular weight is 199 g/mol. The third-order valence-electron chi connectivity index (χ3n) is 2.92. The Morgan fingerprint density at radius 3 is 1.71 bits per heavy atom. The summed E-state index contributed by atoms with van der Waals surface area (Å²) in [5.41, 5.74) is 0. The van der Waals surface area contributed by atoms with Crippen LogP contribution < -0.4 is 0 Å². The van der Waals surface area contributed by atoms with E-state index in [0.29, 0.717) is 0 Å². The number of nitrogens with zero attached hydrogens (tertiary/aromatic N) is 3. The van der Waals surface area contributed by atoms with Gasteiger partial charge in [0.05, 0.1) is 20.0 Å². The van der Waals surface area contributed by atoms with Gasteiger partial charge in [0.25, 0.3) is 0 Å². The average Bonchev–Trinajstić information content (AvgIpc) is 2.25. The highest BCUT2D eigenvalue weighted by Gasteiger charge is 2.20. The SMILES string of the molecule is CCCCN1CN(CC)CN(CC)C1. The second-order valence-corrected chi connectivity index (χ2v) is 4.15. The lowest BCUT2D eigenvalue weighted by Crippen LogP contribution is -2.54. The monoisotopic (exact) mass is 199 g/mol. The van der Waals surface area contributed by atoms with Crippen LogP contribution in [0, 0.1) is 0 Å². The van der Waals surface area contributed by atoms with E-state index >= 15 is 0 Å². The fourth-order valence-electron chi connectivity index (χ4n) is 1.91. The topological polar surface area (TPSA) is 9.72 Å². The molecule has 0 bridgehead atoms. The number of hydrogen-bond donors (Lipinski definition) is 0. The van der Waals surface area contributed by atoms with Gasteiger partial charge in [0.1, 0.15) is 0 Å². The van der Waals surface area contributed by atoms with Crippen LogP contribution in [0.25, 0.3) is 0 Å². The zero-order valence-corrected chi connectivity index (χ0v) is 10.00. The van der Waals surface area contributed by atoms with Gasteiger partial charge < -0.3 is 0 Å². The van der Waals surface area contributed by atoms with Gasteiger partial charge in [-0.1, -0.05) is 27.2 Å². The minimum Gasteiger partial charge on any atom is -0.278 e. The zero-order valence-electron chi connectivity index (χ0n) is 10.00. The van der Waals surface area contributed by atoms with Gasteiger partial charge in [-0.25, -0.2) is 0 Å². The Balaban J connectivity index is 2.35. The Kier molecular flexibility index (Phi) is 5.45. The van der Waals surface area contributed by atoms with E-state index in [4.69, 9.17) is 0 Å². The summed E-state index contributed by atoms with van der Waals surface area (Å²) in [6, 6.07) is 0. The molecule has 0 spiro atoms. The van der Waals surface area contributed by atoms with Gasteiger partial charge >= 0.3 is 0 Å². The van der Waals surface area contributed by atoms with Crippen molar-refractivity contribution in [3.05, 3.63) is 0 Å². The summed E-state index contributed by atoms with van der Waals surface area (Å²) in [6.45, 7) is 13.8. The minimum absolute atomic E-state index is 1.15. The Morgan fingerprint density at radius 2 is 1.29 bits per heavy atom. The molecule has 0 radical (unpaired) electrons. The largest absolute Gasteiger partial charge is 0.278 e. The summed E-state index contributed by atoms with van der Waals surface area (Å²) in [5.74, 6) is 0. The van der Waals surface area contributed by atoms with Crippen LogP contribution in [0.3, 0.4) is 0 Å². The summed E-state index contributed by atoms with van der Waals surface area (Å²) < 4.78 is 0. The molecule has 0 N–H and O–H groups in total. The van der Waals surface area contributed by atoms with Crippen molar-refractivity contribution in [3.8, 4) is 0 Å². The van der Waals surface area contributed by atoms with Crippen molar-refractivity contribution < 1.29 is 0 Å². The smallest absolute Gasteiger partial charge is 0.0529 e. The van der Waals surface area contributed by atoms with Gasteiger partial charge in [-0.15, -0.1) is 0 Å². The highest BCUT2D eigenvalue weighted by atomic mass is 15.5. The van der Waals surface area contributed by atoms with Crippen LogP contribution in [0.4, 0.5) is 0 Å². The summed E-state index contributed by atoms with van der Waals surface area (Å²) in [4.78, 5) is 7.56. The van der Waals surface area contributed by atoms with Crippen LogP contribution in [-0.2, 0) is 0 Å². The third kappa shape index (κ3) is 3.56. The molecule has 1 heterocycles. The molecule has 0 atom stereocenters. The maximum atomic E-state index is 2.56. The Hall–Kier alpha value is -0.120. The Morgan fingerprint density at radius 1 is 0.786 bits per heavy atom. The molecule has 84 valence electrons. The zero-order chi connectivity index (χ0) is 10.4. The van der Waals surface area contributed by atoms with Crippen molar-refractivity contribution >= 4 is 0 Å². The van der Waals surface area contributed by atoms with Gasteiger partial charge in [0.15, 0.2) is 0 Å².